The van der Waals surface area contributed by atoms with Gasteiger partial charge in [-0.15, -0.1) is 0 Å². The summed E-state index contributed by atoms with van der Waals surface area (Å²) < 4.78 is 0. The van der Waals surface area contributed by atoms with Gasteiger partial charge in [0.25, 0.3) is 0 Å². The molecule has 14 heavy (non-hydrogen) atoms. The lowest BCUT2D eigenvalue weighted by molar-refractivity contribution is 0.131. The van der Waals surface area contributed by atoms with Crippen LogP contribution in [0.1, 0.15) is 32.1 Å². The smallest absolute Gasteiger partial charge is 0.111 e. The van der Waals surface area contributed by atoms with Gasteiger partial charge in [0.05, 0.1) is 5.69 Å². The van der Waals surface area contributed by atoms with Crippen LogP contribution >= 0.6 is 0 Å². The molecule has 0 aromatic carbocycles. The predicted molar refractivity (Wildman–Crippen MR) is 56.6 cm³/mol. The van der Waals surface area contributed by atoms with Crippen LogP contribution in [0, 0.1) is 5.92 Å². The van der Waals surface area contributed by atoms with E-state index in [4.69, 9.17) is 5.73 Å². The zero-order valence-electron chi connectivity index (χ0n) is 8.72. The number of hydrogen-bond acceptors (Lipinski definition) is 3. The van der Waals surface area contributed by atoms with Crippen molar-refractivity contribution in [2.45, 2.75) is 32.4 Å². The normalized spacial score (nSPS) is 15.5. The van der Waals surface area contributed by atoms with Crippen LogP contribution in [0.15, 0.2) is 24.4 Å². The van der Waals surface area contributed by atoms with E-state index in [9.17, 15) is 5.11 Å². The third-order valence-electron chi connectivity index (χ3n) is 2.14. The van der Waals surface area contributed by atoms with Crippen molar-refractivity contribution in [1.82, 2.24) is 4.98 Å². The van der Waals surface area contributed by atoms with Crippen LogP contribution in [0.2, 0.25) is 0 Å². The monoisotopic (exact) mass is 194 g/mol. The lowest BCUT2D eigenvalue weighted by atomic mass is 9.98. The van der Waals surface area contributed by atoms with Crippen molar-refractivity contribution in [2.24, 2.45) is 11.7 Å². The van der Waals surface area contributed by atoms with E-state index >= 15 is 0 Å². The molecule has 0 saturated heterocycles. The molecule has 0 amide bonds. The molecule has 0 aliphatic carbocycles. The minimum absolute atomic E-state index is 0.232. The molecule has 0 radical (unpaired) electrons. The van der Waals surface area contributed by atoms with Crippen LogP contribution in [0.4, 0.5) is 0 Å². The van der Waals surface area contributed by atoms with E-state index in [0.29, 0.717) is 11.6 Å². The molecular formula is C11H18N2O. The highest BCUT2D eigenvalue weighted by atomic mass is 16.3. The maximum atomic E-state index is 9.85. The Hall–Kier alpha value is -0.930. The van der Waals surface area contributed by atoms with E-state index in [0.717, 1.165) is 6.42 Å². The molecule has 3 N–H and O–H groups in total. The first-order chi connectivity index (χ1) is 6.61. The summed E-state index contributed by atoms with van der Waals surface area (Å²) in [5, 5.41) is 9.85. The van der Waals surface area contributed by atoms with E-state index in [1.54, 1.807) is 12.3 Å². The Morgan fingerprint density at radius 1 is 1.43 bits per heavy atom. The fraction of sp³-hybridized carbons (Fsp3) is 0.545. The highest BCUT2D eigenvalue weighted by Crippen LogP contribution is 2.17. The van der Waals surface area contributed by atoms with Crippen molar-refractivity contribution in [3.8, 4) is 0 Å². The number of aliphatic hydroxyl groups is 1. The Balaban J connectivity index is 2.61. The topological polar surface area (TPSA) is 59.1 Å². The first-order valence-corrected chi connectivity index (χ1v) is 4.96. The number of pyridine rings is 1. The fourth-order valence-corrected chi connectivity index (χ4v) is 1.44. The summed E-state index contributed by atoms with van der Waals surface area (Å²) in [6, 6.07) is 5.24. The van der Waals surface area contributed by atoms with Crippen LogP contribution in [-0.4, -0.2) is 16.1 Å². The highest BCUT2D eigenvalue weighted by molar-refractivity contribution is 5.08. The Bertz CT molecular complexity index is 261. The molecule has 0 fully saturated rings. The van der Waals surface area contributed by atoms with Gasteiger partial charge < -0.3 is 10.8 Å². The number of nitrogens with zero attached hydrogens (tertiary/aromatic N) is 1. The van der Waals surface area contributed by atoms with Crippen LogP contribution < -0.4 is 5.73 Å². The van der Waals surface area contributed by atoms with Crippen molar-refractivity contribution in [3.05, 3.63) is 30.1 Å². The van der Waals surface area contributed by atoms with E-state index in [2.05, 4.69) is 18.8 Å². The maximum absolute atomic E-state index is 9.85. The molecule has 2 atom stereocenters. The molecule has 78 valence electrons. The largest absolute Gasteiger partial charge is 0.385 e. The third kappa shape index (κ3) is 3.09. The SMILES string of the molecule is CC(C)C[C@H](N)[C@H](O)c1ccccn1. The summed E-state index contributed by atoms with van der Waals surface area (Å²) in [6.45, 7) is 4.18. The predicted octanol–water partition coefficient (Wildman–Crippen LogP) is 1.49. The molecular weight excluding hydrogens is 176 g/mol. The van der Waals surface area contributed by atoms with E-state index < -0.39 is 6.10 Å². The third-order valence-corrected chi connectivity index (χ3v) is 2.14. The number of nitrogens with two attached hydrogens (primary N) is 1. The van der Waals surface area contributed by atoms with Crippen molar-refractivity contribution < 1.29 is 5.11 Å². The zero-order valence-corrected chi connectivity index (χ0v) is 8.72. The van der Waals surface area contributed by atoms with Crippen molar-refractivity contribution in [1.29, 1.82) is 0 Å². The van der Waals surface area contributed by atoms with E-state index in [1.807, 2.05) is 12.1 Å². The van der Waals surface area contributed by atoms with Gasteiger partial charge in [0.2, 0.25) is 0 Å². The summed E-state index contributed by atoms with van der Waals surface area (Å²) in [6.07, 6.45) is 1.82. The molecule has 0 saturated carbocycles. The van der Waals surface area contributed by atoms with Gasteiger partial charge in [-0.05, 0) is 24.5 Å². The first kappa shape index (κ1) is 11.1. The summed E-state index contributed by atoms with van der Waals surface area (Å²) >= 11 is 0. The standard InChI is InChI=1S/C11H18N2O/c1-8(2)7-9(12)11(14)10-5-3-4-6-13-10/h3-6,8-9,11,14H,7,12H2,1-2H3/t9-,11-/m0/s1. The summed E-state index contributed by atoms with van der Waals surface area (Å²) in [5.74, 6) is 0.489. The van der Waals surface area contributed by atoms with Gasteiger partial charge in [-0.2, -0.15) is 0 Å². The number of hydrogen-bond donors (Lipinski definition) is 2. The van der Waals surface area contributed by atoms with Gasteiger partial charge in [-0.3, -0.25) is 4.98 Å². The van der Waals surface area contributed by atoms with Crippen LogP contribution in [0.25, 0.3) is 0 Å². The number of aliphatic hydroxyl groups excluding tert-OH is 1. The Morgan fingerprint density at radius 3 is 2.64 bits per heavy atom. The number of aromatic nitrogens is 1. The molecule has 0 bridgehead atoms. The van der Waals surface area contributed by atoms with Crippen LogP contribution in [-0.2, 0) is 0 Å². The second-order valence-corrected chi connectivity index (χ2v) is 3.99. The molecule has 3 nitrogen and oxygen atoms in total. The second kappa shape index (κ2) is 5.08. The lowest BCUT2D eigenvalue weighted by Gasteiger charge is -2.19. The molecule has 1 aromatic heterocycles. The fourth-order valence-electron chi connectivity index (χ4n) is 1.44. The zero-order chi connectivity index (χ0) is 10.6. The molecule has 0 spiro atoms. The molecule has 0 unspecified atom stereocenters. The average molecular weight is 194 g/mol. The molecule has 1 rings (SSSR count). The Morgan fingerprint density at radius 2 is 2.14 bits per heavy atom. The minimum Gasteiger partial charge on any atom is -0.385 e. The van der Waals surface area contributed by atoms with Gasteiger partial charge in [0, 0.05) is 12.2 Å². The van der Waals surface area contributed by atoms with Gasteiger partial charge in [0.15, 0.2) is 0 Å². The Labute approximate surface area is 85.0 Å². The highest BCUT2D eigenvalue weighted by Gasteiger charge is 2.18. The first-order valence-electron chi connectivity index (χ1n) is 4.96. The molecule has 0 aliphatic heterocycles. The van der Waals surface area contributed by atoms with Crippen molar-refractivity contribution >= 4 is 0 Å². The van der Waals surface area contributed by atoms with Gasteiger partial charge in [0.1, 0.15) is 6.10 Å². The molecule has 1 heterocycles. The summed E-state index contributed by atoms with van der Waals surface area (Å²) in [5.41, 5.74) is 6.51. The Kier molecular flexibility index (Phi) is 4.04. The number of rotatable bonds is 4. The van der Waals surface area contributed by atoms with Crippen molar-refractivity contribution in [3.63, 3.8) is 0 Å². The van der Waals surface area contributed by atoms with Gasteiger partial charge in [-0.1, -0.05) is 19.9 Å². The van der Waals surface area contributed by atoms with E-state index in [1.165, 1.54) is 0 Å². The van der Waals surface area contributed by atoms with Gasteiger partial charge in [-0.25, -0.2) is 0 Å². The van der Waals surface area contributed by atoms with Crippen LogP contribution in [0.5, 0.6) is 0 Å². The molecule has 0 aliphatic rings. The second-order valence-electron chi connectivity index (χ2n) is 3.99. The molecule has 3 heteroatoms. The van der Waals surface area contributed by atoms with Crippen LogP contribution in [0.3, 0.4) is 0 Å². The lowest BCUT2D eigenvalue weighted by Crippen LogP contribution is -2.30. The van der Waals surface area contributed by atoms with Gasteiger partial charge >= 0.3 is 0 Å². The van der Waals surface area contributed by atoms with Crippen molar-refractivity contribution in [2.75, 3.05) is 0 Å². The average Bonchev–Trinajstić information content (AvgIpc) is 2.17. The summed E-state index contributed by atoms with van der Waals surface area (Å²) in [7, 11) is 0. The molecule has 1 aromatic rings. The minimum atomic E-state index is -0.654. The maximum Gasteiger partial charge on any atom is 0.111 e. The summed E-state index contributed by atoms with van der Waals surface area (Å²) in [4.78, 5) is 4.08. The van der Waals surface area contributed by atoms with E-state index in [-0.39, 0.29) is 6.04 Å². The quantitative estimate of drug-likeness (QED) is 0.763.